The molecule has 0 saturated carbocycles. The Bertz CT molecular complexity index is 663. The number of halogens is 1. The Morgan fingerprint density at radius 2 is 2.15 bits per heavy atom. The number of hydrogen-bond donors (Lipinski definition) is 2. The molecule has 0 atom stereocenters. The largest absolute Gasteiger partial charge is 0.495 e. The van der Waals surface area contributed by atoms with Gasteiger partial charge in [-0.1, -0.05) is 15.9 Å². The van der Waals surface area contributed by atoms with Crippen molar-refractivity contribution in [3.8, 4) is 5.75 Å². The molecule has 1 aromatic carbocycles. The van der Waals surface area contributed by atoms with E-state index in [1.807, 2.05) is 6.07 Å². The molecule has 104 valence electrons. The molecular formula is C12H11BrN4O3. The number of nitro groups is 1. The third kappa shape index (κ3) is 2.97. The van der Waals surface area contributed by atoms with Gasteiger partial charge in [0.15, 0.2) is 0 Å². The quantitative estimate of drug-likeness (QED) is 0.655. The number of methoxy groups -OCH3 is 1. The van der Waals surface area contributed by atoms with Crippen molar-refractivity contribution in [3.05, 3.63) is 44.9 Å². The van der Waals surface area contributed by atoms with E-state index in [1.165, 1.54) is 12.1 Å². The number of nitrogens with zero attached hydrogens (tertiary/aromatic N) is 2. The molecule has 0 amide bonds. The summed E-state index contributed by atoms with van der Waals surface area (Å²) in [4.78, 5) is 14.0. The number of pyridine rings is 1. The van der Waals surface area contributed by atoms with Crippen LogP contribution in [0, 0.1) is 10.1 Å². The molecule has 0 aliphatic carbocycles. The average Bonchev–Trinajstić information content (AvgIpc) is 2.38. The molecule has 0 aliphatic heterocycles. The first kappa shape index (κ1) is 14.1. The minimum atomic E-state index is -0.578. The van der Waals surface area contributed by atoms with Crippen molar-refractivity contribution in [2.75, 3.05) is 18.2 Å². The predicted molar refractivity (Wildman–Crippen MR) is 79.3 cm³/mol. The zero-order valence-electron chi connectivity index (χ0n) is 10.5. The Morgan fingerprint density at radius 3 is 2.75 bits per heavy atom. The molecule has 0 saturated heterocycles. The molecule has 0 aliphatic rings. The fourth-order valence-electron chi connectivity index (χ4n) is 1.61. The number of anilines is 3. The van der Waals surface area contributed by atoms with Gasteiger partial charge in [-0.15, -0.1) is 0 Å². The summed E-state index contributed by atoms with van der Waals surface area (Å²) in [6, 6.07) is 8.20. The maximum Gasteiger partial charge on any atom is 0.311 e. The van der Waals surface area contributed by atoms with E-state index in [0.29, 0.717) is 17.3 Å². The maximum absolute atomic E-state index is 10.7. The molecule has 8 heteroatoms. The lowest BCUT2D eigenvalue weighted by Crippen LogP contribution is -2.02. The van der Waals surface area contributed by atoms with Gasteiger partial charge in [-0.2, -0.15) is 0 Å². The topological polar surface area (TPSA) is 103 Å². The minimum Gasteiger partial charge on any atom is -0.495 e. The second-order valence-corrected chi connectivity index (χ2v) is 4.74. The lowest BCUT2D eigenvalue weighted by atomic mass is 10.3. The van der Waals surface area contributed by atoms with Crippen LogP contribution in [-0.4, -0.2) is 17.0 Å². The van der Waals surface area contributed by atoms with Crippen LogP contribution in [-0.2, 0) is 0 Å². The van der Waals surface area contributed by atoms with E-state index < -0.39 is 4.92 Å². The summed E-state index contributed by atoms with van der Waals surface area (Å²) in [5, 5.41) is 13.7. The standard InChI is InChI=1S/C12H11BrN4O3/c1-20-10-4-2-7(13)6-8(10)15-11-5-3-9(17(18)19)12(14)16-11/h2-6H,1H3,(H3,14,15,16). The summed E-state index contributed by atoms with van der Waals surface area (Å²) in [6.45, 7) is 0. The van der Waals surface area contributed by atoms with E-state index >= 15 is 0 Å². The average molecular weight is 339 g/mol. The van der Waals surface area contributed by atoms with Gasteiger partial charge in [-0.3, -0.25) is 10.1 Å². The second kappa shape index (κ2) is 5.74. The Kier molecular flexibility index (Phi) is 4.04. The lowest BCUT2D eigenvalue weighted by Gasteiger charge is -2.11. The van der Waals surface area contributed by atoms with E-state index in [0.717, 1.165) is 4.47 Å². The van der Waals surface area contributed by atoms with Crippen LogP contribution in [0.25, 0.3) is 0 Å². The molecule has 2 aromatic rings. The molecule has 1 aromatic heterocycles. The van der Waals surface area contributed by atoms with E-state index in [1.54, 1.807) is 19.2 Å². The first-order valence-corrected chi connectivity index (χ1v) is 6.32. The third-order valence-electron chi connectivity index (χ3n) is 2.52. The monoisotopic (exact) mass is 338 g/mol. The van der Waals surface area contributed by atoms with Crippen molar-refractivity contribution in [2.24, 2.45) is 0 Å². The number of ether oxygens (including phenoxy) is 1. The van der Waals surface area contributed by atoms with Gasteiger partial charge in [0.1, 0.15) is 11.6 Å². The highest BCUT2D eigenvalue weighted by Crippen LogP contribution is 2.31. The highest BCUT2D eigenvalue weighted by Gasteiger charge is 2.13. The molecule has 0 unspecified atom stereocenters. The van der Waals surface area contributed by atoms with Crippen LogP contribution in [0.1, 0.15) is 0 Å². The molecule has 1 heterocycles. The SMILES string of the molecule is COc1ccc(Br)cc1Nc1ccc([N+](=O)[O-])c(N)n1. The number of nitrogens with two attached hydrogens (primary N) is 1. The molecule has 0 fully saturated rings. The summed E-state index contributed by atoms with van der Waals surface area (Å²) >= 11 is 3.35. The van der Waals surface area contributed by atoms with Crippen LogP contribution in [0.4, 0.5) is 23.0 Å². The van der Waals surface area contributed by atoms with Gasteiger partial charge >= 0.3 is 5.69 Å². The molecule has 7 nitrogen and oxygen atoms in total. The molecule has 0 bridgehead atoms. The summed E-state index contributed by atoms with van der Waals surface area (Å²) in [7, 11) is 1.55. The predicted octanol–water partition coefficient (Wildman–Crippen LogP) is 3.09. The van der Waals surface area contributed by atoms with Crippen molar-refractivity contribution in [2.45, 2.75) is 0 Å². The lowest BCUT2D eigenvalue weighted by molar-refractivity contribution is -0.384. The Morgan fingerprint density at radius 1 is 1.40 bits per heavy atom. The van der Waals surface area contributed by atoms with Crippen LogP contribution in [0.15, 0.2) is 34.8 Å². The Labute approximate surface area is 123 Å². The number of rotatable bonds is 4. The fourth-order valence-corrected chi connectivity index (χ4v) is 1.97. The van der Waals surface area contributed by atoms with Gasteiger partial charge in [0.05, 0.1) is 17.7 Å². The van der Waals surface area contributed by atoms with Crippen LogP contribution in [0.2, 0.25) is 0 Å². The van der Waals surface area contributed by atoms with Gasteiger partial charge in [0.25, 0.3) is 0 Å². The zero-order valence-corrected chi connectivity index (χ0v) is 12.0. The molecular weight excluding hydrogens is 328 g/mol. The van der Waals surface area contributed by atoms with Crippen molar-refractivity contribution in [3.63, 3.8) is 0 Å². The molecule has 2 rings (SSSR count). The fraction of sp³-hybridized carbons (Fsp3) is 0.0833. The van der Waals surface area contributed by atoms with Gasteiger partial charge in [-0.25, -0.2) is 4.98 Å². The number of nitrogen functional groups attached to an aromatic ring is 1. The number of aromatic nitrogens is 1. The highest BCUT2D eigenvalue weighted by molar-refractivity contribution is 9.10. The van der Waals surface area contributed by atoms with Crippen LogP contribution in [0.3, 0.4) is 0 Å². The first-order valence-electron chi connectivity index (χ1n) is 5.52. The van der Waals surface area contributed by atoms with E-state index in [-0.39, 0.29) is 11.5 Å². The highest BCUT2D eigenvalue weighted by atomic mass is 79.9. The van der Waals surface area contributed by atoms with Crippen molar-refractivity contribution in [1.82, 2.24) is 4.98 Å². The van der Waals surface area contributed by atoms with Crippen LogP contribution in [0.5, 0.6) is 5.75 Å². The summed E-state index contributed by atoms with van der Waals surface area (Å²) in [6.07, 6.45) is 0. The van der Waals surface area contributed by atoms with Gasteiger partial charge in [0.2, 0.25) is 5.82 Å². The van der Waals surface area contributed by atoms with Crippen molar-refractivity contribution in [1.29, 1.82) is 0 Å². The van der Waals surface area contributed by atoms with Crippen LogP contribution < -0.4 is 15.8 Å². The normalized spacial score (nSPS) is 10.1. The summed E-state index contributed by atoms with van der Waals surface area (Å²) in [5.41, 5.74) is 5.99. The van der Waals surface area contributed by atoms with Gasteiger partial charge in [-0.05, 0) is 24.3 Å². The molecule has 3 N–H and O–H groups in total. The number of benzene rings is 1. The Balaban J connectivity index is 2.33. The maximum atomic E-state index is 10.7. The van der Waals surface area contributed by atoms with Crippen molar-refractivity contribution >= 4 is 38.9 Å². The summed E-state index contributed by atoms with van der Waals surface area (Å²) in [5.74, 6) is 0.866. The number of hydrogen-bond acceptors (Lipinski definition) is 6. The minimum absolute atomic E-state index is 0.144. The summed E-state index contributed by atoms with van der Waals surface area (Å²) < 4.78 is 6.07. The van der Waals surface area contributed by atoms with Gasteiger partial charge in [0, 0.05) is 10.5 Å². The van der Waals surface area contributed by atoms with E-state index in [2.05, 4.69) is 26.2 Å². The molecule has 0 spiro atoms. The Hall–Kier alpha value is -2.35. The van der Waals surface area contributed by atoms with Crippen LogP contribution >= 0.6 is 15.9 Å². The van der Waals surface area contributed by atoms with Crippen molar-refractivity contribution < 1.29 is 9.66 Å². The zero-order chi connectivity index (χ0) is 14.7. The third-order valence-corrected chi connectivity index (χ3v) is 3.02. The van der Waals surface area contributed by atoms with E-state index in [9.17, 15) is 10.1 Å². The second-order valence-electron chi connectivity index (χ2n) is 3.83. The molecule has 0 radical (unpaired) electrons. The smallest absolute Gasteiger partial charge is 0.311 e. The first-order chi connectivity index (χ1) is 9.51. The van der Waals surface area contributed by atoms with E-state index in [4.69, 9.17) is 10.5 Å². The molecule has 20 heavy (non-hydrogen) atoms. The number of nitrogens with one attached hydrogen (secondary N) is 1. The van der Waals surface area contributed by atoms with Gasteiger partial charge < -0.3 is 15.8 Å².